The number of benzene rings is 1. The summed E-state index contributed by atoms with van der Waals surface area (Å²) >= 11 is 0. The molecular weight excluding hydrogens is 244 g/mol. The second-order valence-electron chi connectivity index (χ2n) is 6.24. The Balaban J connectivity index is 1.86. The summed E-state index contributed by atoms with van der Waals surface area (Å²) in [4.78, 5) is 7.30. The lowest BCUT2D eigenvalue weighted by Gasteiger charge is -2.39. The van der Waals surface area contributed by atoms with Crippen molar-refractivity contribution < 1.29 is 0 Å². The molecule has 0 N–H and O–H groups in total. The van der Waals surface area contributed by atoms with E-state index in [-0.39, 0.29) is 0 Å². The first kappa shape index (κ1) is 13.8. The fourth-order valence-electron chi connectivity index (χ4n) is 3.98. The van der Waals surface area contributed by atoms with E-state index in [0.29, 0.717) is 5.92 Å². The Morgan fingerprint density at radius 1 is 1.20 bits per heavy atom. The molecule has 1 aromatic rings. The lowest BCUT2D eigenvalue weighted by molar-refractivity contribution is 0.170. The van der Waals surface area contributed by atoms with Crippen molar-refractivity contribution in [3.8, 4) is 0 Å². The Morgan fingerprint density at radius 3 is 2.75 bits per heavy atom. The van der Waals surface area contributed by atoms with Crippen LogP contribution in [-0.4, -0.2) is 36.8 Å². The van der Waals surface area contributed by atoms with E-state index < -0.39 is 0 Å². The molecule has 2 unspecified atom stereocenters. The van der Waals surface area contributed by atoms with Crippen LogP contribution in [0.1, 0.15) is 55.7 Å². The topological polar surface area (TPSA) is 15.6 Å². The molecule has 0 saturated carbocycles. The Bertz CT molecular complexity index is 486. The van der Waals surface area contributed by atoms with Crippen LogP contribution < -0.4 is 0 Å². The van der Waals surface area contributed by atoms with Crippen LogP contribution in [0.2, 0.25) is 0 Å². The third kappa shape index (κ3) is 2.54. The highest BCUT2D eigenvalue weighted by Gasteiger charge is 2.32. The van der Waals surface area contributed by atoms with Crippen LogP contribution in [0.5, 0.6) is 0 Å². The maximum atomic E-state index is 4.59. The van der Waals surface area contributed by atoms with Crippen LogP contribution in [0.4, 0.5) is 0 Å². The van der Waals surface area contributed by atoms with Crippen LogP contribution in [0.15, 0.2) is 23.2 Å². The number of hydrogen-bond acceptors (Lipinski definition) is 2. The molecule has 0 amide bonds. The SMILES string of the molecule is CCCN(CCC)C1Cc2cccc3c2C(CN=C3)C1. The second kappa shape index (κ2) is 6.09. The van der Waals surface area contributed by atoms with Crippen molar-refractivity contribution in [1.29, 1.82) is 0 Å². The first-order valence-electron chi connectivity index (χ1n) is 8.19. The van der Waals surface area contributed by atoms with E-state index in [1.165, 1.54) is 44.3 Å². The summed E-state index contributed by atoms with van der Waals surface area (Å²) in [6.07, 6.45) is 7.11. The molecule has 2 heteroatoms. The Kier molecular flexibility index (Phi) is 4.21. The van der Waals surface area contributed by atoms with E-state index in [4.69, 9.17) is 0 Å². The molecule has 108 valence electrons. The molecule has 1 aliphatic heterocycles. The zero-order valence-electron chi connectivity index (χ0n) is 12.8. The van der Waals surface area contributed by atoms with Gasteiger partial charge in [-0.15, -0.1) is 0 Å². The zero-order chi connectivity index (χ0) is 13.9. The van der Waals surface area contributed by atoms with Crippen LogP contribution in [0.3, 0.4) is 0 Å². The van der Waals surface area contributed by atoms with Gasteiger partial charge < -0.3 is 4.90 Å². The van der Waals surface area contributed by atoms with Crippen LogP contribution in [0.25, 0.3) is 0 Å². The summed E-state index contributed by atoms with van der Waals surface area (Å²) in [5.41, 5.74) is 4.55. The summed E-state index contributed by atoms with van der Waals surface area (Å²) < 4.78 is 0. The molecule has 0 bridgehead atoms. The Labute approximate surface area is 122 Å². The molecule has 2 aliphatic rings. The van der Waals surface area contributed by atoms with Gasteiger partial charge >= 0.3 is 0 Å². The predicted molar refractivity (Wildman–Crippen MR) is 85.9 cm³/mol. The molecule has 20 heavy (non-hydrogen) atoms. The third-order valence-corrected chi connectivity index (χ3v) is 4.74. The smallest absolute Gasteiger partial charge is 0.0459 e. The molecule has 0 saturated heterocycles. The fourth-order valence-corrected chi connectivity index (χ4v) is 3.98. The third-order valence-electron chi connectivity index (χ3n) is 4.74. The average Bonchev–Trinajstić information content (AvgIpc) is 2.47. The average molecular weight is 270 g/mol. The van der Waals surface area contributed by atoms with Crippen molar-refractivity contribution >= 4 is 6.21 Å². The molecule has 1 aliphatic carbocycles. The summed E-state index contributed by atoms with van der Waals surface area (Å²) in [6.45, 7) is 8.06. The Hall–Kier alpha value is -1.15. The molecule has 0 radical (unpaired) electrons. The number of hydrogen-bond donors (Lipinski definition) is 0. The van der Waals surface area contributed by atoms with E-state index in [0.717, 1.165) is 12.6 Å². The quantitative estimate of drug-likeness (QED) is 0.797. The molecule has 0 fully saturated rings. The van der Waals surface area contributed by atoms with Crippen molar-refractivity contribution in [2.24, 2.45) is 4.99 Å². The fraction of sp³-hybridized carbons (Fsp3) is 0.611. The first-order chi connectivity index (χ1) is 9.83. The van der Waals surface area contributed by atoms with Crippen molar-refractivity contribution in [1.82, 2.24) is 4.90 Å². The zero-order valence-corrected chi connectivity index (χ0v) is 12.8. The van der Waals surface area contributed by atoms with Gasteiger partial charge in [-0.1, -0.05) is 32.0 Å². The lowest BCUT2D eigenvalue weighted by Crippen LogP contribution is -2.42. The minimum absolute atomic E-state index is 0.654. The number of nitrogens with zero attached hydrogens (tertiary/aromatic N) is 2. The summed E-state index contributed by atoms with van der Waals surface area (Å²) in [5, 5.41) is 0. The van der Waals surface area contributed by atoms with Gasteiger partial charge in [-0.25, -0.2) is 0 Å². The number of rotatable bonds is 5. The van der Waals surface area contributed by atoms with Gasteiger partial charge in [0, 0.05) is 24.7 Å². The van der Waals surface area contributed by atoms with Gasteiger partial charge in [0.25, 0.3) is 0 Å². The highest BCUT2D eigenvalue weighted by Crippen LogP contribution is 2.37. The highest BCUT2D eigenvalue weighted by atomic mass is 15.1. The monoisotopic (exact) mass is 270 g/mol. The molecule has 0 spiro atoms. The lowest BCUT2D eigenvalue weighted by atomic mass is 9.76. The molecular formula is C18H26N2. The predicted octanol–water partition coefficient (Wildman–Crippen LogP) is 3.64. The normalized spacial score (nSPS) is 23.9. The van der Waals surface area contributed by atoms with Gasteiger partial charge in [-0.05, 0) is 55.5 Å². The molecule has 2 atom stereocenters. The van der Waals surface area contributed by atoms with E-state index in [2.05, 4.69) is 48.2 Å². The van der Waals surface area contributed by atoms with Gasteiger partial charge in [-0.3, -0.25) is 4.99 Å². The van der Waals surface area contributed by atoms with Gasteiger partial charge in [0.05, 0.1) is 0 Å². The van der Waals surface area contributed by atoms with E-state index in [9.17, 15) is 0 Å². The Morgan fingerprint density at radius 2 is 2.00 bits per heavy atom. The second-order valence-corrected chi connectivity index (χ2v) is 6.24. The molecule has 3 rings (SSSR count). The van der Waals surface area contributed by atoms with Crippen molar-refractivity contribution in [2.45, 2.75) is 51.5 Å². The minimum atomic E-state index is 0.654. The van der Waals surface area contributed by atoms with Gasteiger partial charge in [-0.2, -0.15) is 0 Å². The van der Waals surface area contributed by atoms with Crippen LogP contribution >= 0.6 is 0 Å². The molecule has 2 nitrogen and oxygen atoms in total. The van der Waals surface area contributed by atoms with Crippen molar-refractivity contribution in [2.75, 3.05) is 19.6 Å². The van der Waals surface area contributed by atoms with Gasteiger partial charge in [0.15, 0.2) is 0 Å². The van der Waals surface area contributed by atoms with Gasteiger partial charge in [0.2, 0.25) is 0 Å². The first-order valence-corrected chi connectivity index (χ1v) is 8.19. The standard InChI is InChI=1S/C18H26N2/c1-3-8-20(9-4-2)17-10-14-6-5-7-15-12-19-13-16(11-17)18(14)15/h5-7,12,16-17H,3-4,8-11,13H2,1-2H3. The van der Waals surface area contributed by atoms with E-state index in [1.807, 2.05) is 0 Å². The van der Waals surface area contributed by atoms with Crippen LogP contribution in [0, 0.1) is 0 Å². The summed E-state index contributed by atoms with van der Waals surface area (Å²) in [5.74, 6) is 0.654. The molecule has 1 heterocycles. The van der Waals surface area contributed by atoms with Gasteiger partial charge in [0.1, 0.15) is 0 Å². The van der Waals surface area contributed by atoms with E-state index >= 15 is 0 Å². The maximum absolute atomic E-state index is 4.59. The number of aliphatic imine (C=N–C) groups is 1. The van der Waals surface area contributed by atoms with Crippen molar-refractivity contribution in [3.05, 3.63) is 34.9 Å². The van der Waals surface area contributed by atoms with E-state index in [1.54, 1.807) is 11.1 Å². The van der Waals surface area contributed by atoms with Crippen molar-refractivity contribution in [3.63, 3.8) is 0 Å². The summed E-state index contributed by atoms with van der Waals surface area (Å²) in [7, 11) is 0. The largest absolute Gasteiger partial charge is 0.300 e. The molecule has 0 aromatic heterocycles. The molecule has 1 aromatic carbocycles. The van der Waals surface area contributed by atoms with Crippen LogP contribution in [-0.2, 0) is 6.42 Å². The minimum Gasteiger partial charge on any atom is -0.300 e. The maximum Gasteiger partial charge on any atom is 0.0459 e. The summed E-state index contributed by atoms with van der Waals surface area (Å²) in [6, 6.07) is 7.49. The highest BCUT2D eigenvalue weighted by molar-refractivity contribution is 5.84.